The molecule has 0 unspecified atom stereocenters. The van der Waals surface area contributed by atoms with E-state index in [0.717, 1.165) is 24.9 Å². The molecule has 0 radical (unpaired) electrons. The molecule has 0 saturated carbocycles. The van der Waals surface area contributed by atoms with Crippen LogP contribution in [0.4, 0.5) is 5.69 Å². The molecule has 1 aromatic heterocycles. The van der Waals surface area contributed by atoms with E-state index in [1.165, 1.54) is 4.31 Å². The van der Waals surface area contributed by atoms with Crippen molar-refractivity contribution >= 4 is 21.6 Å². The standard InChI is InChI=1S/C25H29N5O4S/c1-19-10-11-20(23-26-24(34-27-23)25(31)29-12-6-3-7-13-29)18-22(19)35(32,33)30-16-14-28(15-17-30)21-8-4-2-5-9-21/h2,4-5,8-11,18H,3,6-7,12-17H2,1H3. The number of carbonyl (C=O) groups excluding carboxylic acids is 1. The quantitative estimate of drug-likeness (QED) is 0.536. The number of carbonyl (C=O) groups is 1. The molecular weight excluding hydrogens is 466 g/mol. The fourth-order valence-electron chi connectivity index (χ4n) is 4.64. The number of likely N-dealkylation sites (tertiary alicyclic amines) is 1. The number of nitrogens with zero attached hydrogens (tertiary/aromatic N) is 5. The van der Waals surface area contributed by atoms with Crippen LogP contribution >= 0.6 is 0 Å². The Hall–Kier alpha value is -3.24. The molecular formula is C25H29N5O4S. The van der Waals surface area contributed by atoms with Crippen LogP contribution in [-0.4, -0.2) is 72.9 Å². The number of piperidine rings is 1. The molecule has 0 spiro atoms. The van der Waals surface area contributed by atoms with Gasteiger partial charge in [-0.05, 0) is 49.9 Å². The topological polar surface area (TPSA) is 99.8 Å². The van der Waals surface area contributed by atoms with E-state index in [9.17, 15) is 13.2 Å². The second-order valence-corrected chi connectivity index (χ2v) is 10.9. The Balaban J connectivity index is 1.34. The second-order valence-electron chi connectivity index (χ2n) is 8.98. The maximum Gasteiger partial charge on any atom is 0.316 e. The highest BCUT2D eigenvalue weighted by atomic mass is 32.2. The van der Waals surface area contributed by atoms with Crippen LogP contribution in [-0.2, 0) is 10.0 Å². The van der Waals surface area contributed by atoms with Gasteiger partial charge in [0.15, 0.2) is 0 Å². The third kappa shape index (κ3) is 4.81. The zero-order valence-corrected chi connectivity index (χ0v) is 20.6. The lowest BCUT2D eigenvalue weighted by molar-refractivity contribution is 0.0674. The molecule has 0 bridgehead atoms. The summed E-state index contributed by atoms with van der Waals surface area (Å²) in [4.78, 5) is 21.1. The lowest BCUT2D eigenvalue weighted by Gasteiger charge is -2.35. The zero-order chi connectivity index (χ0) is 24.4. The van der Waals surface area contributed by atoms with Crippen molar-refractivity contribution in [3.05, 3.63) is 60.0 Å². The van der Waals surface area contributed by atoms with Gasteiger partial charge in [-0.15, -0.1) is 0 Å². The minimum absolute atomic E-state index is 0.0658. The van der Waals surface area contributed by atoms with Crippen molar-refractivity contribution in [2.45, 2.75) is 31.1 Å². The van der Waals surface area contributed by atoms with Crippen LogP contribution < -0.4 is 4.90 Å². The predicted octanol–water partition coefficient (Wildman–Crippen LogP) is 3.18. The van der Waals surface area contributed by atoms with Crippen LogP contribution in [0.2, 0.25) is 0 Å². The van der Waals surface area contributed by atoms with E-state index < -0.39 is 10.0 Å². The molecule has 3 heterocycles. The molecule has 2 fully saturated rings. The molecule has 184 valence electrons. The van der Waals surface area contributed by atoms with Gasteiger partial charge in [0.2, 0.25) is 15.8 Å². The first-order valence-electron chi connectivity index (χ1n) is 12.0. The molecule has 0 N–H and O–H groups in total. The molecule has 2 aliphatic heterocycles. The van der Waals surface area contributed by atoms with Gasteiger partial charge < -0.3 is 14.3 Å². The second kappa shape index (κ2) is 9.79. The van der Waals surface area contributed by atoms with E-state index >= 15 is 0 Å². The Bertz CT molecular complexity index is 1290. The largest absolute Gasteiger partial charge is 0.369 e. The molecule has 9 nitrogen and oxygen atoms in total. The number of aromatic nitrogens is 2. The van der Waals surface area contributed by atoms with Crippen molar-refractivity contribution in [2.24, 2.45) is 0 Å². The van der Waals surface area contributed by atoms with Crippen molar-refractivity contribution in [2.75, 3.05) is 44.2 Å². The van der Waals surface area contributed by atoms with E-state index in [2.05, 4.69) is 15.0 Å². The van der Waals surface area contributed by atoms with Gasteiger partial charge in [-0.1, -0.05) is 35.5 Å². The Labute approximate surface area is 205 Å². The van der Waals surface area contributed by atoms with E-state index in [1.54, 1.807) is 30.0 Å². The SMILES string of the molecule is Cc1ccc(-c2noc(C(=O)N3CCCCC3)n2)cc1S(=O)(=O)N1CCN(c2ccccc2)CC1. The normalized spacial score (nSPS) is 17.5. The summed E-state index contributed by atoms with van der Waals surface area (Å²) >= 11 is 0. The highest BCUT2D eigenvalue weighted by molar-refractivity contribution is 7.89. The molecule has 3 aromatic rings. The van der Waals surface area contributed by atoms with Crippen molar-refractivity contribution in [1.82, 2.24) is 19.3 Å². The first-order valence-corrected chi connectivity index (χ1v) is 13.4. The minimum Gasteiger partial charge on any atom is -0.369 e. The number of rotatable bonds is 5. The number of hydrogen-bond donors (Lipinski definition) is 0. The molecule has 2 aromatic carbocycles. The van der Waals surface area contributed by atoms with Gasteiger partial charge in [0.25, 0.3) is 0 Å². The summed E-state index contributed by atoms with van der Waals surface area (Å²) in [5, 5.41) is 3.96. The molecule has 0 aliphatic carbocycles. The van der Waals surface area contributed by atoms with E-state index in [4.69, 9.17) is 4.52 Å². The summed E-state index contributed by atoms with van der Waals surface area (Å²) in [5.74, 6) is -0.140. The van der Waals surface area contributed by atoms with Crippen molar-refractivity contribution in [3.63, 3.8) is 0 Å². The molecule has 5 rings (SSSR count). The number of hydrogen-bond acceptors (Lipinski definition) is 7. The molecule has 0 atom stereocenters. The molecule has 10 heteroatoms. The van der Waals surface area contributed by atoms with Gasteiger partial charge in [0.05, 0.1) is 4.90 Å². The summed E-state index contributed by atoms with van der Waals surface area (Å²) < 4.78 is 33.8. The monoisotopic (exact) mass is 495 g/mol. The molecule has 2 saturated heterocycles. The van der Waals surface area contributed by atoms with Gasteiger partial charge in [-0.3, -0.25) is 4.79 Å². The molecule has 1 amide bonds. The summed E-state index contributed by atoms with van der Waals surface area (Å²) in [7, 11) is -3.71. The van der Waals surface area contributed by atoms with Gasteiger partial charge in [0, 0.05) is 50.5 Å². The maximum absolute atomic E-state index is 13.5. The predicted molar refractivity (Wildman–Crippen MR) is 132 cm³/mol. The van der Waals surface area contributed by atoms with Gasteiger partial charge in [0.1, 0.15) is 0 Å². The number of aryl methyl sites for hydroxylation is 1. The Kier molecular flexibility index (Phi) is 6.57. The minimum atomic E-state index is -3.71. The van der Waals surface area contributed by atoms with Crippen LogP contribution in [0.3, 0.4) is 0 Å². The smallest absolute Gasteiger partial charge is 0.316 e. The van der Waals surface area contributed by atoms with Crippen LogP contribution in [0.15, 0.2) is 57.9 Å². The number of piperazine rings is 1. The van der Waals surface area contributed by atoms with E-state index in [-0.39, 0.29) is 22.5 Å². The van der Waals surface area contributed by atoms with Crippen LogP contribution in [0.1, 0.15) is 35.5 Å². The molecule has 35 heavy (non-hydrogen) atoms. The van der Waals surface area contributed by atoms with Crippen molar-refractivity contribution in [3.8, 4) is 11.4 Å². The van der Waals surface area contributed by atoms with Crippen LogP contribution in [0, 0.1) is 6.92 Å². The zero-order valence-electron chi connectivity index (χ0n) is 19.8. The number of amides is 1. The van der Waals surface area contributed by atoms with Gasteiger partial charge >= 0.3 is 11.8 Å². The van der Waals surface area contributed by atoms with Crippen LogP contribution in [0.25, 0.3) is 11.4 Å². The Morgan fingerprint density at radius 1 is 0.914 bits per heavy atom. The first-order chi connectivity index (χ1) is 16.9. The summed E-state index contributed by atoms with van der Waals surface area (Å²) in [5.41, 5.74) is 2.24. The maximum atomic E-state index is 13.5. The summed E-state index contributed by atoms with van der Waals surface area (Å²) in [6.45, 7) is 5.18. The third-order valence-electron chi connectivity index (χ3n) is 6.68. The summed E-state index contributed by atoms with van der Waals surface area (Å²) in [6, 6.07) is 15.1. The van der Waals surface area contributed by atoms with Gasteiger partial charge in [-0.25, -0.2) is 8.42 Å². The first kappa shape index (κ1) is 23.5. The lowest BCUT2D eigenvalue weighted by Crippen LogP contribution is -2.48. The fraction of sp³-hybridized carbons (Fsp3) is 0.400. The van der Waals surface area contributed by atoms with Crippen molar-refractivity contribution < 1.29 is 17.7 Å². The van der Waals surface area contributed by atoms with Crippen molar-refractivity contribution in [1.29, 1.82) is 0 Å². The number of benzene rings is 2. The average Bonchev–Trinajstić information content (AvgIpc) is 3.40. The van der Waals surface area contributed by atoms with E-state index in [0.29, 0.717) is 50.4 Å². The van der Waals surface area contributed by atoms with Crippen LogP contribution in [0.5, 0.6) is 0 Å². The Morgan fingerprint density at radius 2 is 1.63 bits per heavy atom. The molecule has 2 aliphatic rings. The lowest BCUT2D eigenvalue weighted by atomic mass is 10.1. The highest BCUT2D eigenvalue weighted by Crippen LogP contribution is 2.27. The highest BCUT2D eigenvalue weighted by Gasteiger charge is 2.31. The third-order valence-corrected chi connectivity index (χ3v) is 8.72. The number of anilines is 1. The number of para-hydroxylation sites is 1. The summed E-state index contributed by atoms with van der Waals surface area (Å²) in [6.07, 6.45) is 3.04. The number of sulfonamides is 1. The average molecular weight is 496 g/mol. The van der Waals surface area contributed by atoms with Gasteiger partial charge in [-0.2, -0.15) is 9.29 Å². The Morgan fingerprint density at radius 3 is 2.34 bits per heavy atom. The van der Waals surface area contributed by atoms with E-state index in [1.807, 2.05) is 30.3 Å². The fourth-order valence-corrected chi connectivity index (χ4v) is 6.31.